The van der Waals surface area contributed by atoms with Crippen LogP contribution in [-0.4, -0.2) is 49.5 Å². The topological polar surface area (TPSA) is 71.9 Å². The minimum Gasteiger partial charge on any atom is -0.507 e. The van der Waals surface area contributed by atoms with Gasteiger partial charge in [-0.15, -0.1) is 0 Å². The molecule has 0 radical (unpaired) electrons. The highest BCUT2D eigenvalue weighted by molar-refractivity contribution is 5.84. The number of hydrogen-bond acceptors (Lipinski definition) is 6. The van der Waals surface area contributed by atoms with E-state index < -0.39 is 5.41 Å². The van der Waals surface area contributed by atoms with Crippen molar-refractivity contribution in [2.45, 2.75) is 19.4 Å². The second-order valence-corrected chi connectivity index (χ2v) is 7.46. The van der Waals surface area contributed by atoms with Gasteiger partial charge in [-0.1, -0.05) is 17.7 Å². The fraction of sp³-hybridized carbons (Fsp3) is 0.429. The lowest BCUT2D eigenvalue weighted by Gasteiger charge is -2.31. The Bertz CT molecular complexity index is 884. The number of fused-ring (bicyclic) bond motifs is 1. The summed E-state index contributed by atoms with van der Waals surface area (Å²) in [6.45, 7) is 3.17. The van der Waals surface area contributed by atoms with Crippen molar-refractivity contribution in [3.05, 3.63) is 42.0 Å². The summed E-state index contributed by atoms with van der Waals surface area (Å²) >= 11 is 0. The number of aryl methyl sites for hydroxylation is 1. The highest BCUT2D eigenvalue weighted by atomic mass is 16.5. The molecule has 1 saturated heterocycles. The number of carbonyl (C=O) groups excluding carboxylic acids is 1. The van der Waals surface area contributed by atoms with Crippen molar-refractivity contribution in [1.82, 2.24) is 4.98 Å². The van der Waals surface area contributed by atoms with E-state index in [-0.39, 0.29) is 23.7 Å². The number of benzene rings is 1. The van der Waals surface area contributed by atoms with Crippen LogP contribution in [0.4, 0.5) is 5.82 Å². The summed E-state index contributed by atoms with van der Waals surface area (Å²) in [6, 6.07) is 11.1. The maximum Gasteiger partial charge on any atom is 0.314 e. The summed E-state index contributed by atoms with van der Waals surface area (Å²) in [7, 11) is 3.09. The lowest BCUT2D eigenvalue weighted by molar-refractivity contribution is -0.148. The van der Waals surface area contributed by atoms with Gasteiger partial charge in [-0.25, -0.2) is 4.98 Å². The van der Waals surface area contributed by atoms with E-state index in [0.29, 0.717) is 17.9 Å². The normalized spacial score (nSPS) is 26.0. The predicted octanol–water partition coefficient (Wildman–Crippen LogP) is 2.78. The molecule has 1 aromatic carbocycles. The molecule has 1 saturated carbocycles. The number of pyridine rings is 1. The van der Waals surface area contributed by atoms with E-state index in [1.54, 1.807) is 13.2 Å². The van der Waals surface area contributed by atoms with Crippen molar-refractivity contribution in [3.8, 4) is 17.0 Å². The first kappa shape index (κ1) is 17.8. The summed E-state index contributed by atoms with van der Waals surface area (Å²) in [6.07, 6.45) is 0.836. The molecule has 2 heterocycles. The molecule has 3 atom stereocenters. The molecule has 1 aliphatic heterocycles. The summed E-state index contributed by atoms with van der Waals surface area (Å²) in [5.41, 5.74) is 1.97. The number of aromatic hydroxyl groups is 1. The average molecular weight is 368 g/mol. The first-order valence-electron chi connectivity index (χ1n) is 9.12. The number of phenols is 1. The second-order valence-electron chi connectivity index (χ2n) is 7.46. The van der Waals surface area contributed by atoms with Crippen LogP contribution in [-0.2, 0) is 14.3 Å². The molecule has 0 bridgehead atoms. The number of carbonyl (C=O) groups is 1. The van der Waals surface area contributed by atoms with Gasteiger partial charge in [0.2, 0.25) is 0 Å². The van der Waals surface area contributed by atoms with Gasteiger partial charge in [0.05, 0.1) is 30.9 Å². The summed E-state index contributed by atoms with van der Waals surface area (Å²) in [5.74, 6) is 1.09. The average Bonchev–Trinajstić information content (AvgIpc) is 3.33. The summed E-state index contributed by atoms with van der Waals surface area (Å²) < 4.78 is 10.5. The zero-order valence-corrected chi connectivity index (χ0v) is 15.8. The molecular formula is C21H24N2O4. The van der Waals surface area contributed by atoms with Crippen LogP contribution in [0.3, 0.4) is 0 Å². The SMILES string of the molecule is COC[C@H]1N(c2cccc(-c3cc(C)ccc3O)n2)C[C@@H]2C[C@@]21C(=O)OC. The van der Waals surface area contributed by atoms with Crippen LogP contribution in [0.5, 0.6) is 5.75 Å². The number of anilines is 1. The van der Waals surface area contributed by atoms with Crippen LogP contribution in [0.25, 0.3) is 11.3 Å². The molecule has 2 aliphatic rings. The molecule has 142 valence electrons. The van der Waals surface area contributed by atoms with Gasteiger partial charge in [-0.2, -0.15) is 0 Å². The molecule has 1 N–H and O–H groups in total. The maximum absolute atomic E-state index is 12.5. The molecule has 1 aliphatic carbocycles. The number of aromatic nitrogens is 1. The van der Waals surface area contributed by atoms with E-state index in [9.17, 15) is 9.90 Å². The van der Waals surface area contributed by atoms with Gasteiger partial charge in [0.25, 0.3) is 0 Å². The first-order chi connectivity index (χ1) is 13.0. The fourth-order valence-electron chi connectivity index (χ4n) is 4.44. The van der Waals surface area contributed by atoms with Gasteiger partial charge < -0.3 is 19.5 Å². The number of methoxy groups -OCH3 is 2. The largest absolute Gasteiger partial charge is 0.507 e. The molecule has 2 fully saturated rings. The third kappa shape index (κ3) is 2.75. The zero-order chi connectivity index (χ0) is 19.2. The maximum atomic E-state index is 12.5. The quantitative estimate of drug-likeness (QED) is 0.819. The molecule has 0 unspecified atom stereocenters. The Labute approximate surface area is 158 Å². The van der Waals surface area contributed by atoms with Crippen molar-refractivity contribution in [3.63, 3.8) is 0 Å². The van der Waals surface area contributed by atoms with Crippen molar-refractivity contribution >= 4 is 11.8 Å². The van der Waals surface area contributed by atoms with Crippen LogP contribution < -0.4 is 4.90 Å². The molecule has 4 rings (SSSR count). The van der Waals surface area contributed by atoms with Crippen LogP contribution in [0.2, 0.25) is 0 Å². The summed E-state index contributed by atoms with van der Waals surface area (Å²) in [5, 5.41) is 10.2. The molecule has 2 aromatic rings. The van der Waals surface area contributed by atoms with Gasteiger partial charge in [-0.05, 0) is 43.5 Å². The number of piperidine rings is 1. The smallest absolute Gasteiger partial charge is 0.314 e. The van der Waals surface area contributed by atoms with Gasteiger partial charge in [-0.3, -0.25) is 4.79 Å². The Morgan fingerprint density at radius 1 is 1.33 bits per heavy atom. The first-order valence-corrected chi connectivity index (χ1v) is 9.12. The standard InChI is InChI=1S/C21H24N2O4/c1-13-7-8-17(24)15(9-13)16-5-4-6-19(22-16)23-11-14-10-21(14,20(25)27-3)18(23)12-26-2/h4-9,14,18,24H,10-12H2,1-3H3/t14-,18+,21+/m0/s1. The molecule has 1 aromatic heterocycles. The second kappa shape index (κ2) is 6.53. The number of ether oxygens (including phenoxy) is 2. The monoisotopic (exact) mass is 368 g/mol. The Balaban J connectivity index is 1.70. The molecule has 6 nitrogen and oxygen atoms in total. The van der Waals surface area contributed by atoms with Crippen LogP contribution >= 0.6 is 0 Å². The van der Waals surface area contributed by atoms with E-state index in [4.69, 9.17) is 14.5 Å². The minimum atomic E-state index is -0.492. The summed E-state index contributed by atoms with van der Waals surface area (Å²) in [4.78, 5) is 19.4. The van der Waals surface area contributed by atoms with E-state index in [1.165, 1.54) is 7.11 Å². The van der Waals surface area contributed by atoms with Gasteiger partial charge >= 0.3 is 5.97 Å². The fourth-order valence-corrected chi connectivity index (χ4v) is 4.44. The van der Waals surface area contributed by atoms with Gasteiger partial charge in [0.1, 0.15) is 11.6 Å². The van der Waals surface area contributed by atoms with Crippen molar-refractivity contribution in [2.24, 2.45) is 11.3 Å². The number of nitrogens with zero attached hydrogens (tertiary/aromatic N) is 2. The Kier molecular flexibility index (Phi) is 4.30. The van der Waals surface area contributed by atoms with E-state index >= 15 is 0 Å². The number of rotatable bonds is 5. The molecule has 0 amide bonds. The van der Waals surface area contributed by atoms with Crippen molar-refractivity contribution < 1.29 is 19.4 Å². The Morgan fingerprint density at radius 2 is 2.15 bits per heavy atom. The zero-order valence-electron chi connectivity index (χ0n) is 15.8. The van der Waals surface area contributed by atoms with Crippen molar-refractivity contribution in [2.75, 3.05) is 32.3 Å². The Hall–Kier alpha value is -2.60. The number of esters is 1. The minimum absolute atomic E-state index is 0.103. The molecular weight excluding hydrogens is 344 g/mol. The molecule has 6 heteroatoms. The van der Waals surface area contributed by atoms with Gasteiger partial charge in [0, 0.05) is 19.2 Å². The highest BCUT2D eigenvalue weighted by Gasteiger charge is 2.71. The van der Waals surface area contributed by atoms with Gasteiger partial charge in [0.15, 0.2) is 0 Å². The van der Waals surface area contributed by atoms with Crippen LogP contribution in [0.1, 0.15) is 12.0 Å². The van der Waals surface area contributed by atoms with E-state index in [1.807, 2.05) is 37.3 Å². The third-order valence-corrected chi connectivity index (χ3v) is 5.89. The lowest BCUT2D eigenvalue weighted by Crippen LogP contribution is -2.44. The molecule has 0 spiro atoms. The Morgan fingerprint density at radius 3 is 2.89 bits per heavy atom. The lowest BCUT2D eigenvalue weighted by atomic mass is 9.96. The number of hydrogen-bond donors (Lipinski definition) is 1. The molecule has 27 heavy (non-hydrogen) atoms. The van der Waals surface area contributed by atoms with Crippen LogP contribution in [0.15, 0.2) is 36.4 Å². The number of phenolic OH excluding ortho intramolecular Hbond substituents is 1. The third-order valence-electron chi connectivity index (χ3n) is 5.89. The van der Waals surface area contributed by atoms with E-state index in [2.05, 4.69) is 4.90 Å². The van der Waals surface area contributed by atoms with Crippen LogP contribution in [0, 0.1) is 18.3 Å². The van der Waals surface area contributed by atoms with E-state index in [0.717, 1.165) is 24.3 Å². The van der Waals surface area contributed by atoms with Crippen molar-refractivity contribution in [1.29, 1.82) is 0 Å². The predicted molar refractivity (Wildman–Crippen MR) is 102 cm³/mol. The highest BCUT2D eigenvalue weighted by Crippen LogP contribution is 2.62.